The summed E-state index contributed by atoms with van der Waals surface area (Å²) in [4.78, 5) is 14.9. The van der Waals surface area contributed by atoms with Gasteiger partial charge in [0, 0.05) is 31.2 Å². The van der Waals surface area contributed by atoms with Crippen LogP contribution >= 0.6 is 0 Å². The van der Waals surface area contributed by atoms with Crippen molar-refractivity contribution in [3.63, 3.8) is 0 Å². The van der Waals surface area contributed by atoms with E-state index < -0.39 is 0 Å². The molecule has 1 heterocycles. The Morgan fingerprint density at radius 3 is 2.95 bits per heavy atom. The first-order chi connectivity index (χ1) is 9.65. The molecule has 0 bridgehead atoms. The Bertz CT molecular complexity index is 470. The van der Waals surface area contributed by atoms with Crippen LogP contribution in [0.3, 0.4) is 0 Å². The van der Waals surface area contributed by atoms with Crippen LogP contribution in [0.5, 0.6) is 0 Å². The molecule has 0 aliphatic carbocycles. The molecule has 20 heavy (non-hydrogen) atoms. The zero-order valence-electron chi connectivity index (χ0n) is 12.9. The van der Waals surface area contributed by atoms with Gasteiger partial charge in [0.05, 0.1) is 0 Å². The molecule has 3 heteroatoms. The number of carbonyl (C=O) groups is 1. The normalized spacial score (nSPS) is 19.1. The highest BCUT2D eigenvalue weighted by atomic mass is 16.2. The second kappa shape index (κ2) is 6.89. The number of nitrogens with zero attached hydrogens (tertiary/aromatic N) is 1. The lowest BCUT2D eigenvalue weighted by molar-refractivity contribution is 0.0621. The SMILES string of the molecule is CCCC[C@H]1CNCCN1C(=O)c1cccc(C)c1C. The van der Waals surface area contributed by atoms with Gasteiger partial charge in [-0.25, -0.2) is 0 Å². The van der Waals surface area contributed by atoms with Gasteiger partial charge in [-0.3, -0.25) is 4.79 Å². The van der Waals surface area contributed by atoms with Gasteiger partial charge in [-0.1, -0.05) is 31.9 Å². The Balaban J connectivity index is 2.18. The number of piperazine rings is 1. The lowest BCUT2D eigenvalue weighted by Crippen LogP contribution is -2.53. The lowest BCUT2D eigenvalue weighted by Gasteiger charge is -2.36. The molecule has 0 spiro atoms. The lowest BCUT2D eigenvalue weighted by atomic mass is 10.00. The minimum atomic E-state index is 0.203. The van der Waals surface area contributed by atoms with Crippen molar-refractivity contribution in [2.45, 2.75) is 46.1 Å². The third kappa shape index (κ3) is 3.21. The Hall–Kier alpha value is -1.35. The van der Waals surface area contributed by atoms with Crippen LogP contribution in [0.25, 0.3) is 0 Å². The zero-order chi connectivity index (χ0) is 14.5. The number of aryl methyl sites for hydroxylation is 1. The van der Waals surface area contributed by atoms with Gasteiger partial charge >= 0.3 is 0 Å². The summed E-state index contributed by atoms with van der Waals surface area (Å²) in [5.41, 5.74) is 3.18. The molecule has 0 aromatic heterocycles. The first-order valence-electron chi connectivity index (χ1n) is 7.73. The van der Waals surface area contributed by atoms with Crippen molar-refractivity contribution < 1.29 is 4.79 Å². The minimum absolute atomic E-state index is 0.203. The summed E-state index contributed by atoms with van der Waals surface area (Å²) in [5, 5.41) is 3.41. The number of hydrogen-bond donors (Lipinski definition) is 1. The topological polar surface area (TPSA) is 32.3 Å². The van der Waals surface area contributed by atoms with Crippen LogP contribution in [0.15, 0.2) is 18.2 Å². The van der Waals surface area contributed by atoms with Crippen LogP contribution < -0.4 is 5.32 Å². The Morgan fingerprint density at radius 2 is 2.20 bits per heavy atom. The fourth-order valence-electron chi connectivity index (χ4n) is 2.86. The molecule has 1 saturated heterocycles. The third-order valence-corrected chi connectivity index (χ3v) is 4.34. The second-order valence-corrected chi connectivity index (χ2v) is 5.75. The summed E-state index contributed by atoms with van der Waals surface area (Å²) < 4.78 is 0. The van der Waals surface area contributed by atoms with Crippen LogP contribution in [0.4, 0.5) is 0 Å². The number of amides is 1. The first-order valence-corrected chi connectivity index (χ1v) is 7.73. The van der Waals surface area contributed by atoms with E-state index in [4.69, 9.17) is 0 Å². The quantitative estimate of drug-likeness (QED) is 0.915. The van der Waals surface area contributed by atoms with Crippen LogP contribution in [0, 0.1) is 13.8 Å². The van der Waals surface area contributed by atoms with E-state index in [-0.39, 0.29) is 5.91 Å². The van der Waals surface area contributed by atoms with Crippen molar-refractivity contribution in [2.24, 2.45) is 0 Å². The molecule has 1 N–H and O–H groups in total. The van der Waals surface area contributed by atoms with Gasteiger partial charge in [0.25, 0.3) is 5.91 Å². The monoisotopic (exact) mass is 274 g/mol. The largest absolute Gasteiger partial charge is 0.333 e. The maximum absolute atomic E-state index is 12.8. The fraction of sp³-hybridized carbons (Fsp3) is 0.588. The van der Waals surface area contributed by atoms with Gasteiger partial charge in [0.15, 0.2) is 0 Å². The summed E-state index contributed by atoms with van der Waals surface area (Å²) in [7, 11) is 0. The van der Waals surface area contributed by atoms with Crippen molar-refractivity contribution in [2.75, 3.05) is 19.6 Å². The van der Waals surface area contributed by atoms with Gasteiger partial charge in [-0.15, -0.1) is 0 Å². The second-order valence-electron chi connectivity index (χ2n) is 5.75. The standard InChI is InChI=1S/C17H26N2O/c1-4-5-8-15-12-18-10-11-19(15)17(20)16-9-6-7-13(2)14(16)3/h6-7,9,15,18H,4-5,8,10-12H2,1-3H3/t15-/m0/s1. The molecular weight excluding hydrogens is 248 g/mol. The number of hydrogen-bond acceptors (Lipinski definition) is 2. The molecule has 1 fully saturated rings. The highest BCUT2D eigenvalue weighted by Crippen LogP contribution is 2.19. The molecule has 110 valence electrons. The molecule has 0 radical (unpaired) electrons. The predicted molar refractivity (Wildman–Crippen MR) is 83.1 cm³/mol. The first kappa shape index (κ1) is 15.0. The van der Waals surface area contributed by atoms with Crippen molar-refractivity contribution in [1.29, 1.82) is 0 Å². The van der Waals surface area contributed by atoms with Crippen molar-refractivity contribution in [3.8, 4) is 0 Å². The number of nitrogens with one attached hydrogen (secondary N) is 1. The summed E-state index contributed by atoms with van der Waals surface area (Å²) in [6, 6.07) is 6.36. The van der Waals surface area contributed by atoms with Crippen LogP contribution in [0.2, 0.25) is 0 Å². The van der Waals surface area contributed by atoms with E-state index in [0.717, 1.165) is 37.2 Å². The highest BCUT2D eigenvalue weighted by molar-refractivity contribution is 5.96. The minimum Gasteiger partial charge on any atom is -0.333 e. The summed E-state index contributed by atoms with van der Waals surface area (Å²) >= 11 is 0. The van der Waals surface area contributed by atoms with Crippen LogP contribution in [-0.2, 0) is 0 Å². The van der Waals surface area contributed by atoms with E-state index in [1.807, 2.05) is 19.1 Å². The third-order valence-electron chi connectivity index (χ3n) is 4.34. The van der Waals surface area contributed by atoms with Crippen LogP contribution in [0.1, 0.15) is 47.7 Å². The van der Waals surface area contributed by atoms with E-state index in [1.165, 1.54) is 18.4 Å². The van der Waals surface area contributed by atoms with Gasteiger partial charge < -0.3 is 10.2 Å². The molecule has 3 nitrogen and oxygen atoms in total. The Labute approximate surface area is 122 Å². The average Bonchev–Trinajstić information content (AvgIpc) is 2.47. The van der Waals surface area contributed by atoms with Crippen molar-refractivity contribution in [3.05, 3.63) is 34.9 Å². The number of carbonyl (C=O) groups excluding carboxylic acids is 1. The molecule has 1 aromatic carbocycles. The molecule has 0 unspecified atom stereocenters. The predicted octanol–water partition coefficient (Wildman–Crippen LogP) is 2.91. The van der Waals surface area contributed by atoms with Gasteiger partial charge in [0.1, 0.15) is 0 Å². The fourth-order valence-corrected chi connectivity index (χ4v) is 2.86. The molecule has 2 rings (SSSR count). The number of benzene rings is 1. The molecule has 1 aliphatic rings. The smallest absolute Gasteiger partial charge is 0.254 e. The summed E-state index contributed by atoms with van der Waals surface area (Å²) in [6.07, 6.45) is 3.46. The van der Waals surface area contributed by atoms with Crippen molar-refractivity contribution in [1.82, 2.24) is 10.2 Å². The molecule has 1 amide bonds. The van der Waals surface area contributed by atoms with E-state index in [9.17, 15) is 4.79 Å². The van der Waals surface area contributed by atoms with Gasteiger partial charge in [-0.05, 0) is 37.5 Å². The maximum atomic E-state index is 12.8. The zero-order valence-corrected chi connectivity index (χ0v) is 12.9. The Kier molecular flexibility index (Phi) is 5.18. The average molecular weight is 274 g/mol. The summed E-state index contributed by atoms with van der Waals surface area (Å²) in [5.74, 6) is 0.203. The Morgan fingerprint density at radius 1 is 1.40 bits per heavy atom. The van der Waals surface area contributed by atoms with E-state index in [2.05, 4.69) is 30.1 Å². The van der Waals surface area contributed by atoms with Crippen LogP contribution in [-0.4, -0.2) is 36.5 Å². The molecule has 1 aliphatic heterocycles. The van der Waals surface area contributed by atoms with E-state index in [1.54, 1.807) is 0 Å². The number of rotatable bonds is 4. The molecule has 1 atom stereocenters. The highest BCUT2D eigenvalue weighted by Gasteiger charge is 2.27. The van der Waals surface area contributed by atoms with E-state index in [0.29, 0.717) is 6.04 Å². The molecule has 0 saturated carbocycles. The van der Waals surface area contributed by atoms with Crippen molar-refractivity contribution >= 4 is 5.91 Å². The molecular formula is C17H26N2O. The van der Waals surface area contributed by atoms with Gasteiger partial charge in [-0.2, -0.15) is 0 Å². The number of unbranched alkanes of at least 4 members (excludes halogenated alkanes) is 1. The summed E-state index contributed by atoms with van der Waals surface area (Å²) in [6.45, 7) is 8.97. The maximum Gasteiger partial charge on any atom is 0.254 e. The van der Waals surface area contributed by atoms with E-state index >= 15 is 0 Å². The molecule has 1 aromatic rings. The van der Waals surface area contributed by atoms with Gasteiger partial charge in [0.2, 0.25) is 0 Å².